The fourth-order valence-electron chi connectivity index (χ4n) is 7.34. The Kier molecular flexibility index (Phi) is 6.59. The molecule has 5 aromatic rings. The predicted octanol–water partition coefficient (Wildman–Crippen LogP) is 4.86. The lowest BCUT2D eigenvalue weighted by Crippen LogP contribution is -2.54. The molecule has 3 N–H and O–H groups in total. The molecule has 10 nitrogen and oxygen atoms in total. The summed E-state index contributed by atoms with van der Waals surface area (Å²) in [5.41, 5.74) is 8.77. The molecule has 5 heterocycles. The van der Waals surface area contributed by atoms with E-state index in [4.69, 9.17) is 20.4 Å². The number of hydrogen-bond donors (Lipinski definition) is 2. The largest absolute Gasteiger partial charge is 0.508 e. The molecule has 0 amide bonds. The molecule has 2 unspecified atom stereocenters. The molecule has 2 aromatic heterocycles. The number of anilines is 3. The van der Waals surface area contributed by atoms with Crippen molar-refractivity contribution in [3.05, 3.63) is 66.9 Å². The van der Waals surface area contributed by atoms with Crippen LogP contribution in [0.4, 0.5) is 17.6 Å². The van der Waals surface area contributed by atoms with E-state index in [1.54, 1.807) is 18.3 Å². The lowest BCUT2D eigenvalue weighted by Gasteiger charge is -2.42. The fourth-order valence-corrected chi connectivity index (χ4v) is 7.34. The van der Waals surface area contributed by atoms with E-state index in [1.165, 1.54) is 6.42 Å². The van der Waals surface area contributed by atoms with Crippen molar-refractivity contribution in [2.45, 2.75) is 43.8 Å². The normalized spacial score (nSPS) is 21.9. The molecule has 0 spiro atoms. The maximum Gasteiger partial charge on any atom is 0.319 e. The van der Waals surface area contributed by atoms with Gasteiger partial charge in [0, 0.05) is 42.8 Å². The highest BCUT2D eigenvalue weighted by atomic mass is 16.5. The number of piperazine rings is 1. The second-order valence-electron chi connectivity index (χ2n) is 12.3. The summed E-state index contributed by atoms with van der Waals surface area (Å²) in [6.07, 6.45) is 6.14. The number of hydrogen-bond acceptors (Lipinski definition) is 10. The topological polar surface area (TPSA) is 117 Å². The van der Waals surface area contributed by atoms with Gasteiger partial charge in [-0.2, -0.15) is 15.0 Å². The molecule has 3 atom stereocenters. The molecular weight excluding hydrogens is 552 g/mol. The van der Waals surface area contributed by atoms with Crippen molar-refractivity contribution < 1.29 is 9.84 Å². The smallest absolute Gasteiger partial charge is 0.319 e. The molecule has 3 saturated heterocycles. The number of likely N-dealkylation sites (tertiary alicyclic amines) is 1. The van der Waals surface area contributed by atoms with Crippen LogP contribution in [0.25, 0.3) is 32.8 Å². The van der Waals surface area contributed by atoms with Crippen molar-refractivity contribution in [3.63, 3.8) is 0 Å². The van der Waals surface area contributed by atoms with Crippen LogP contribution in [0.3, 0.4) is 0 Å². The van der Waals surface area contributed by atoms with E-state index in [2.05, 4.69) is 56.0 Å². The number of likely N-dealkylation sites (N-methyl/N-ethyl adjacent to an activating group) is 1. The number of aromatic hydroxyl groups is 1. The summed E-state index contributed by atoms with van der Waals surface area (Å²) in [6.45, 7) is 3.24. The minimum absolute atomic E-state index is 0.241. The Morgan fingerprint density at radius 2 is 1.77 bits per heavy atom. The number of rotatable bonds is 6. The summed E-state index contributed by atoms with van der Waals surface area (Å²) >= 11 is 0. The Hall–Kier alpha value is -4.70. The molecule has 0 aliphatic carbocycles. The van der Waals surface area contributed by atoms with Gasteiger partial charge in [-0.25, -0.2) is 4.98 Å². The fraction of sp³-hybridized carbons (Fsp3) is 0.353. The highest BCUT2D eigenvalue weighted by molar-refractivity contribution is 6.01. The molecule has 3 aliphatic heterocycles. The zero-order chi connectivity index (χ0) is 29.8. The summed E-state index contributed by atoms with van der Waals surface area (Å²) < 4.78 is 6.35. The number of nitrogens with zero attached hydrogens (tertiary/aromatic N) is 7. The van der Waals surface area contributed by atoms with E-state index < -0.39 is 0 Å². The van der Waals surface area contributed by atoms with Crippen LogP contribution in [-0.4, -0.2) is 81.4 Å². The maximum atomic E-state index is 10.5. The highest BCUT2D eigenvalue weighted by Gasteiger charge is 2.42. The monoisotopic (exact) mass is 588 g/mol. The van der Waals surface area contributed by atoms with Crippen molar-refractivity contribution in [2.75, 3.05) is 48.8 Å². The third-order valence-corrected chi connectivity index (χ3v) is 9.56. The van der Waals surface area contributed by atoms with Crippen molar-refractivity contribution in [1.29, 1.82) is 0 Å². The first kappa shape index (κ1) is 26.9. The molecule has 3 fully saturated rings. The SMILES string of the molecule is CN1CCC[C@H]1COc1nc(N2C3CCC2CN(c2nccc(N)n2)C3)c2ccc(-c3cc(O)cc4ccccc34)cc2n1. The van der Waals surface area contributed by atoms with Crippen LogP contribution >= 0.6 is 0 Å². The van der Waals surface area contributed by atoms with Gasteiger partial charge in [-0.3, -0.25) is 0 Å². The van der Waals surface area contributed by atoms with Crippen molar-refractivity contribution in [1.82, 2.24) is 24.8 Å². The molecule has 2 bridgehead atoms. The number of ether oxygens (including phenoxy) is 1. The van der Waals surface area contributed by atoms with Gasteiger partial charge in [0.25, 0.3) is 0 Å². The Bertz CT molecular complexity index is 1850. The average Bonchev–Trinajstić information content (AvgIpc) is 3.56. The lowest BCUT2D eigenvalue weighted by molar-refractivity contribution is 0.188. The Balaban J connectivity index is 1.20. The van der Waals surface area contributed by atoms with Gasteiger partial charge in [0.05, 0.1) is 5.52 Å². The van der Waals surface area contributed by atoms with Crippen LogP contribution in [0.15, 0.2) is 66.9 Å². The first-order chi connectivity index (χ1) is 21.5. The number of nitrogens with two attached hydrogens (primary N) is 1. The standard InChI is InChI=1S/C34H36N8O2/c1-40-14-4-6-25(40)20-44-34-37-30-16-22(29-17-26(43)15-21-5-2-3-7-27(21)29)8-11-28(30)32(39-34)42-23-9-10-24(42)19-41(18-23)33-36-13-12-31(35)38-33/h2-3,5,7-8,11-13,15-17,23-25,43H,4,6,9-10,14,18-20H2,1H3,(H2,35,36,38)/t23?,24?,25-/m0/s1. The summed E-state index contributed by atoms with van der Waals surface area (Å²) in [7, 11) is 2.15. The van der Waals surface area contributed by atoms with Crippen molar-refractivity contribution in [2.24, 2.45) is 0 Å². The molecule has 224 valence electrons. The molecule has 10 heteroatoms. The third-order valence-electron chi connectivity index (χ3n) is 9.56. The minimum atomic E-state index is 0.241. The van der Waals surface area contributed by atoms with Crippen molar-refractivity contribution in [3.8, 4) is 22.9 Å². The van der Waals surface area contributed by atoms with Crippen LogP contribution in [0.2, 0.25) is 0 Å². The molecule has 3 aromatic carbocycles. The minimum Gasteiger partial charge on any atom is -0.508 e. The molecular formula is C34H36N8O2. The van der Waals surface area contributed by atoms with Gasteiger partial charge in [0.1, 0.15) is 24.0 Å². The first-order valence-corrected chi connectivity index (χ1v) is 15.5. The zero-order valence-electron chi connectivity index (χ0n) is 24.8. The molecule has 3 aliphatic rings. The summed E-state index contributed by atoms with van der Waals surface area (Å²) in [5, 5.41) is 13.6. The summed E-state index contributed by atoms with van der Waals surface area (Å²) in [5.74, 6) is 2.32. The van der Waals surface area contributed by atoms with E-state index in [9.17, 15) is 5.11 Å². The van der Waals surface area contributed by atoms with E-state index in [-0.39, 0.29) is 17.8 Å². The number of fused-ring (bicyclic) bond motifs is 4. The highest BCUT2D eigenvalue weighted by Crippen LogP contribution is 2.40. The van der Waals surface area contributed by atoms with Crippen LogP contribution in [0.5, 0.6) is 11.8 Å². The third kappa shape index (κ3) is 4.79. The lowest BCUT2D eigenvalue weighted by atomic mass is 9.97. The van der Waals surface area contributed by atoms with Crippen LogP contribution in [0.1, 0.15) is 25.7 Å². The Labute approximate surface area is 256 Å². The number of aromatic nitrogens is 4. The van der Waals surface area contributed by atoms with E-state index in [0.29, 0.717) is 30.4 Å². The molecule has 44 heavy (non-hydrogen) atoms. The number of phenolic OH excluding ortho intramolecular Hbond substituents is 1. The van der Waals surface area contributed by atoms with Gasteiger partial charge in [-0.05, 0) is 91.5 Å². The molecule has 8 rings (SSSR count). The van der Waals surface area contributed by atoms with Crippen molar-refractivity contribution >= 4 is 39.3 Å². The van der Waals surface area contributed by atoms with Crippen LogP contribution in [-0.2, 0) is 0 Å². The summed E-state index contributed by atoms with van der Waals surface area (Å²) in [6, 6.07) is 21.1. The zero-order valence-corrected chi connectivity index (χ0v) is 24.8. The van der Waals surface area contributed by atoms with Crippen LogP contribution < -0.4 is 20.3 Å². The van der Waals surface area contributed by atoms with Gasteiger partial charge in [0.15, 0.2) is 0 Å². The number of phenols is 1. The predicted molar refractivity (Wildman–Crippen MR) is 173 cm³/mol. The van der Waals surface area contributed by atoms with Gasteiger partial charge in [0.2, 0.25) is 5.95 Å². The van der Waals surface area contributed by atoms with E-state index in [0.717, 1.165) is 77.5 Å². The first-order valence-electron chi connectivity index (χ1n) is 15.5. The quantitative estimate of drug-likeness (QED) is 0.285. The average molecular weight is 589 g/mol. The molecule has 0 saturated carbocycles. The number of nitrogen functional groups attached to an aromatic ring is 1. The Morgan fingerprint density at radius 3 is 2.57 bits per heavy atom. The van der Waals surface area contributed by atoms with E-state index >= 15 is 0 Å². The van der Waals surface area contributed by atoms with Crippen LogP contribution in [0, 0.1) is 0 Å². The van der Waals surface area contributed by atoms with E-state index in [1.807, 2.05) is 24.3 Å². The summed E-state index contributed by atoms with van der Waals surface area (Å²) in [4.78, 5) is 26.1. The van der Waals surface area contributed by atoms with Gasteiger partial charge in [-0.1, -0.05) is 30.3 Å². The molecule has 0 radical (unpaired) electrons. The van der Waals surface area contributed by atoms with Gasteiger partial charge in [-0.15, -0.1) is 0 Å². The Morgan fingerprint density at radius 1 is 0.932 bits per heavy atom. The maximum absolute atomic E-state index is 10.5. The second-order valence-corrected chi connectivity index (χ2v) is 12.3. The number of benzene rings is 3. The second kappa shape index (κ2) is 10.8. The van der Waals surface area contributed by atoms with Gasteiger partial charge < -0.3 is 30.3 Å². The van der Waals surface area contributed by atoms with Gasteiger partial charge >= 0.3 is 6.01 Å².